The third kappa shape index (κ3) is 4.99. The first-order valence-corrected chi connectivity index (χ1v) is 12.2. The molecule has 8 heteroatoms. The second-order valence-electron chi connectivity index (χ2n) is 9.31. The van der Waals surface area contributed by atoms with Crippen LogP contribution in [0, 0.1) is 0 Å². The molecule has 0 aliphatic carbocycles. The minimum Gasteiger partial charge on any atom is -0.462 e. The van der Waals surface area contributed by atoms with Gasteiger partial charge < -0.3 is 9.64 Å². The summed E-state index contributed by atoms with van der Waals surface area (Å²) in [5, 5.41) is 0.0426. The first kappa shape index (κ1) is 24.6. The summed E-state index contributed by atoms with van der Waals surface area (Å²) in [4.78, 5) is 40.6. The molecule has 2 aliphatic heterocycles. The van der Waals surface area contributed by atoms with Crippen molar-refractivity contribution in [2.45, 2.75) is 71.9 Å². The highest BCUT2D eigenvalue weighted by Crippen LogP contribution is 2.46. The van der Waals surface area contributed by atoms with Gasteiger partial charge >= 0.3 is 5.97 Å². The van der Waals surface area contributed by atoms with Gasteiger partial charge in [-0.05, 0) is 87.6 Å². The number of carbonyl (C=O) groups is 3. The molecule has 0 saturated carbocycles. The molecule has 1 atom stereocenters. The minimum absolute atomic E-state index is 0.0283. The molecule has 0 bridgehead atoms. The fraction of sp³-hybridized carbons (Fsp3) is 0.542. The maximum Gasteiger partial charge on any atom is 0.326 e. The Hall–Kier alpha value is -1.99. The predicted octanol–water partition coefficient (Wildman–Crippen LogP) is 5.83. The summed E-state index contributed by atoms with van der Waals surface area (Å²) in [6.07, 6.45) is 3.38. The quantitative estimate of drug-likeness (QED) is 0.378. The lowest BCUT2D eigenvalue weighted by Crippen LogP contribution is -2.48. The SMILES string of the molecule is CCCN1c2cc(Cl)c(/C=C3\SC(=O)N(CC(=O)OC(C)C)C3=O)cc2C(C)CC1(C)C. The highest BCUT2D eigenvalue weighted by Gasteiger charge is 2.38. The molecule has 2 amide bonds. The highest BCUT2D eigenvalue weighted by atomic mass is 35.5. The number of amides is 2. The fourth-order valence-electron chi connectivity index (χ4n) is 4.49. The summed E-state index contributed by atoms with van der Waals surface area (Å²) >= 11 is 7.46. The zero-order valence-corrected chi connectivity index (χ0v) is 21.1. The number of benzene rings is 1. The number of nitrogens with zero attached hydrogens (tertiary/aromatic N) is 2. The molecular formula is C24H31ClN2O4S. The van der Waals surface area contributed by atoms with Crippen LogP contribution in [0.4, 0.5) is 10.5 Å². The number of carbonyl (C=O) groups excluding carboxylic acids is 3. The van der Waals surface area contributed by atoms with Crippen LogP contribution in [0.1, 0.15) is 71.4 Å². The first-order valence-electron chi connectivity index (χ1n) is 11.0. The number of fused-ring (bicyclic) bond motifs is 1. The van der Waals surface area contributed by atoms with Gasteiger partial charge in [-0.2, -0.15) is 0 Å². The van der Waals surface area contributed by atoms with Crippen LogP contribution in [0.25, 0.3) is 6.08 Å². The van der Waals surface area contributed by atoms with Crippen molar-refractivity contribution < 1.29 is 19.1 Å². The third-order valence-electron chi connectivity index (χ3n) is 5.77. The van der Waals surface area contributed by atoms with E-state index in [9.17, 15) is 14.4 Å². The van der Waals surface area contributed by atoms with E-state index in [1.165, 1.54) is 5.56 Å². The lowest BCUT2D eigenvalue weighted by Gasteiger charge is -2.47. The largest absolute Gasteiger partial charge is 0.462 e. The van der Waals surface area contributed by atoms with E-state index in [1.807, 2.05) is 12.1 Å². The number of hydrogen-bond donors (Lipinski definition) is 0. The number of anilines is 1. The van der Waals surface area contributed by atoms with Crippen molar-refractivity contribution in [2.24, 2.45) is 0 Å². The van der Waals surface area contributed by atoms with E-state index < -0.39 is 23.7 Å². The Morgan fingerprint density at radius 3 is 2.66 bits per heavy atom. The van der Waals surface area contributed by atoms with Gasteiger partial charge in [-0.15, -0.1) is 0 Å². The number of thioether (sulfide) groups is 1. The highest BCUT2D eigenvalue weighted by molar-refractivity contribution is 8.18. The van der Waals surface area contributed by atoms with Crippen LogP contribution in [-0.4, -0.2) is 46.7 Å². The molecule has 1 aromatic rings. The van der Waals surface area contributed by atoms with Crippen LogP contribution in [0.2, 0.25) is 5.02 Å². The second-order valence-corrected chi connectivity index (χ2v) is 10.7. The Balaban J connectivity index is 1.91. The number of esters is 1. The predicted molar refractivity (Wildman–Crippen MR) is 130 cm³/mol. The molecule has 1 saturated heterocycles. The maximum atomic E-state index is 12.8. The molecule has 1 aromatic carbocycles. The molecule has 2 aliphatic rings. The van der Waals surface area contributed by atoms with Crippen LogP contribution in [-0.2, 0) is 14.3 Å². The topological polar surface area (TPSA) is 66.9 Å². The van der Waals surface area contributed by atoms with Crippen LogP contribution in [0.3, 0.4) is 0 Å². The monoisotopic (exact) mass is 478 g/mol. The summed E-state index contributed by atoms with van der Waals surface area (Å²) in [6, 6.07) is 4.00. The molecule has 2 heterocycles. The van der Waals surface area contributed by atoms with E-state index in [2.05, 4.69) is 32.6 Å². The molecule has 0 aromatic heterocycles. The lowest BCUT2D eigenvalue weighted by atomic mass is 9.79. The Bertz CT molecular complexity index is 973. The summed E-state index contributed by atoms with van der Waals surface area (Å²) in [5.41, 5.74) is 3.04. The van der Waals surface area contributed by atoms with E-state index >= 15 is 0 Å². The van der Waals surface area contributed by atoms with E-state index in [0.717, 1.165) is 41.7 Å². The summed E-state index contributed by atoms with van der Waals surface area (Å²) in [7, 11) is 0. The molecule has 1 unspecified atom stereocenters. The lowest BCUT2D eigenvalue weighted by molar-refractivity contribution is -0.149. The normalized spacial score (nSPS) is 21.5. The van der Waals surface area contributed by atoms with Crippen LogP contribution >= 0.6 is 23.4 Å². The van der Waals surface area contributed by atoms with Crippen molar-refractivity contribution in [1.29, 1.82) is 0 Å². The van der Waals surface area contributed by atoms with Crippen molar-refractivity contribution in [3.8, 4) is 0 Å². The number of ether oxygens (including phenoxy) is 1. The first-order chi connectivity index (χ1) is 14.9. The fourth-order valence-corrected chi connectivity index (χ4v) is 5.53. The molecule has 174 valence electrons. The van der Waals surface area contributed by atoms with Crippen molar-refractivity contribution in [2.75, 3.05) is 18.0 Å². The van der Waals surface area contributed by atoms with Crippen molar-refractivity contribution in [1.82, 2.24) is 4.90 Å². The van der Waals surface area contributed by atoms with Crippen LogP contribution in [0.15, 0.2) is 17.0 Å². The zero-order valence-electron chi connectivity index (χ0n) is 19.5. The van der Waals surface area contributed by atoms with Crippen molar-refractivity contribution in [3.05, 3.63) is 33.2 Å². The van der Waals surface area contributed by atoms with Gasteiger partial charge in [-0.3, -0.25) is 19.3 Å². The molecule has 0 spiro atoms. The maximum absolute atomic E-state index is 12.8. The standard InChI is InChI=1S/C24H31ClN2O4S/c1-7-8-27-19-11-18(25)16(9-17(19)15(4)12-24(27,5)6)10-20-22(29)26(23(30)32-20)13-21(28)31-14(2)3/h9-11,14-15H,7-8,12-13H2,1-6H3/b20-10-. The summed E-state index contributed by atoms with van der Waals surface area (Å²) in [5.74, 6) is -0.780. The molecule has 0 radical (unpaired) electrons. The van der Waals surface area contributed by atoms with E-state index in [1.54, 1.807) is 19.9 Å². The molecule has 6 nitrogen and oxygen atoms in total. The zero-order chi connectivity index (χ0) is 23.8. The molecule has 32 heavy (non-hydrogen) atoms. The van der Waals surface area contributed by atoms with Gasteiger partial charge in [0.1, 0.15) is 6.54 Å². The van der Waals surface area contributed by atoms with Crippen LogP contribution < -0.4 is 4.90 Å². The van der Waals surface area contributed by atoms with Gasteiger partial charge in [-0.25, -0.2) is 0 Å². The Kier molecular flexibility index (Phi) is 7.30. The molecular weight excluding hydrogens is 448 g/mol. The van der Waals surface area contributed by atoms with Gasteiger partial charge in [-0.1, -0.05) is 25.4 Å². The van der Waals surface area contributed by atoms with Crippen LogP contribution in [0.5, 0.6) is 0 Å². The van der Waals surface area contributed by atoms with Gasteiger partial charge in [0.2, 0.25) is 0 Å². The smallest absolute Gasteiger partial charge is 0.326 e. The van der Waals surface area contributed by atoms with Crippen molar-refractivity contribution >= 4 is 52.2 Å². The number of imide groups is 1. The molecule has 1 fully saturated rings. The van der Waals surface area contributed by atoms with Crippen molar-refractivity contribution in [3.63, 3.8) is 0 Å². The third-order valence-corrected chi connectivity index (χ3v) is 7.00. The molecule has 0 N–H and O–H groups in total. The second kappa shape index (κ2) is 9.48. The van der Waals surface area contributed by atoms with E-state index in [0.29, 0.717) is 16.5 Å². The number of hydrogen-bond acceptors (Lipinski definition) is 6. The number of rotatable bonds is 6. The van der Waals surface area contributed by atoms with E-state index in [-0.39, 0.29) is 16.5 Å². The average molecular weight is 479 g/mol. The van der Waals surface area contributed by atoms with Gasteiger partial charge in [0.05, 0.1) is 11.0 Å². The number of halogens is 1. The summed E-state index contributed by atoms with van der Waals surface area (Å²) in [6.45, 7) is 12.9. The van der Waals surface area contributed by atoms with E-state index in [4.69, 9.17) is 16.3 Å². The Morgan fingerprint density at radius 1 is 1.34 bits per heavy atom. The Morgan fingerprint density at radius 2 is 2.03 bits per heavy atom. The van der Waals surface area contributed by atoms with Gasteiger partial charge in [0, 0.05) is 22.8 Å². The minimum atomic E-state index is -0.609. The molecule has 3 rings (SSSR count). The Labute approximate surface area is 199 Å². The van der Waals surface area contributed by atoms with Gasteiger partial charge in [0.25, 0.3) is 11.1 Å². The van der Waals surface area contributed by atoms with Gasteiger partial charge in [0.15, 0.2) is 0 Å². The average Bonchev–Trinajstić information content (AvgIpc) is 2.92. The summed E-state index contributed by atoms with van der Waals surface area (Å²) < 4.78 is 5.06.